The molecule has 0 aromatic heterocycles. The summed E-state index contributed by atoms with van der Waals surface area (Å²) in [6, 6.07) is 8.27. The highest BCUT2D eigenvalue weighted by atomic mass is 32.2. The average Bonchev–Trinajstić information content (AvgIpc) is 2.26. The van der Waals surface area contributed by atoms with Crippen molar-refractivity contribution >= 4 is 15.7 Å². The molecule has 0 fully saturated rings. The smallest absolute Gasteiger partial charge is 0.209 e. The van der Waals surface area contributed by atoms with Gasteiger partial charge in [-0.15, -0.1) is 0 Å². The molecule has 114 valence electrons. The Balaban J connectivity index is 2.48. The van der Waals surface area contributed by atoms with Crippen molar-refractivity contribution in [2.24, 2.45) is 0 Å². The standard InChI is InChI=1S/C14H25N3O2S/c1-14(2,16-20(5,18)19)11-15-10-12-6-8-13(9-7-12)17(3)4/h6-9,15-16H,10-11H2,1-5H3. The minimum absolute atomic E-state index is 0.503. The molecular weight excluding hydrogens is 274 g/mol. The maximum atomic E-state index is 11.2. The predicted molar refractivity (Wildman–Crippen MR) is 84.5 cm³/mol. The summed E-state index contributed by atoms with van der Waals surface area (Å²) in [5.74, 6) is 0. The van der Waals surface area contributed by atoms with Crippen molar-refractivity contribution in [3.8, 4) is 0 Å². The van der Waals surface area contributed by atoms with E-state index < -0.39 is 15.6 Å². The maximum Gasteiger partial charge on any atom is 0.209 e. The van der Waals surface area contributed by atoms with Crippen LogP contribution in [-0.2, 0) is 16.6 Å². The molecule has 0 atom stereocenters. The lowest BCUT2D eigenvalue weighted by molar-refractivity contribution is 0.421. The molecule has 0 aliphatic carbocycles. The summed E-state index contributed by atoms with van der Waals surface area (Å²) in [5.41, 5.74) is 1.83. The minimum atomic E-state index is -3.19. The van der Waals surface area contributed by atoms with Crippen molar-refractivity contribution < 1.29 is 8.42 Å². The highest BCUT2D eigenvalue weighted by Gasteiger charge is 2.21. The number of hydrogen-bond acceptors (Lipinski definition) is 4. The molecule has 1 aromatic rings. The first-order valence-electron chi connectivity index (χ1n) is 6.55. The van der Waals surface area contributed by atoms with E-state index in [0.717, 1.165) is 5.69 Å². The Bertz CT molecular complexity index is 522. The van der Waals surface area contributed by atoms with Gasteiger partial charge in [-0.1, -0.05) is 12.1 Å². The van der Waals surface area contributed by atoms with Crippen LogP contribution < -0.4 is 14.9 Å². The van der Waals surface area contributed by atoms with E-state index in [-0.39, 0.29) is 0 Å². The summed E-state index contributed by atoms with van der Waals surface area (Å²) in [6.07, 6.45) is 1.18. The van der Waals surface area contributed by atoms with E-state index in [4.69, 9.17) is 0 Å². The van der Waals surface area contributed by atoms with Crippen LogP contribution in [0, 0.1) is 0 Å². The van der Waals surface area contributed by atoms with Crippen LogP contribution in [0.15, 0.2) is 24.3 Å². The number of nitrogens with one attached hydrogen (secondary N) is 2. The minimum Gasteiger partial charge on any atom is -0.378 e. The van der Waals surface area contributed by atoms with Gasteiger partial charge >= 0.3 is 0 Å². The van der Waals surface area contributed by atoms with Crippen LogP contribution in [0.5, 0.6) is 0 Å². The van der Waals surface area contributed by atoms with Crippen LogP contribution in [0.1, 0.15) is 19.4 Å². The molecule has 0 heterocycles. The lowest BCUT2D eigenvalue weighted by Gasteiger charge is -2.25. The van der Waals surface area contributed by atoms with Gasteiger partial charge in [0.2, 0.25) is 10.0 Å². The monoisotopic (exact) mass is 299 g/mol. The van der Waals surface area contributed by atoms with Crippen molar-refractivity contribution in [3.63, 3.8) is 0 Å². The number of sulfonamides is 1. The molecule has 0 aliphatic rings. The van der Waals surface area contributed by atoms with Gasteiger partial charge in [0.1, 0.15) is 0 Å². The molecule has 2 N–H and O–H groups in total. The molecule has 0 saturated carbocycles. The van der Waals surface area contributed by atoms with Gasteiger partial charge < -0.3 is 10.2 Å². The molecule has 0 bridgehead atoms. The Kier molecular flexibility index (Phi) is 5.56. The molecule has 0 amide bonds. The molecule has 6 heteroatoms. The molecule has 0 radical (unpaired) electrons. The van der Waals surface area contributed by atoms with E-state index in [2.05, 4.69) is 39.2 Å². The fourth-order valence-electron chi connectivity index (χ4n) is 1.97. The van der Waals surface area contributed by atoms with Crippen molar-refractivity contribution in [1.82, 2.24) is 10.0 Å². The predicted octanol–water partition coefficient (Wildman–Crippen LogP) is 1.17. The van der Waals surface area contributed by atoms with Crippen molar-refractivity contribution in [2.75, 3.05) is 31.8 Å². The third-order valence-electron chi connectivity index (χ3n) is 2.81. The van der Waals surface area contributed by atoms with Crippen LogP contribution in [0.4, 0.5) is 5.69 Å². The molecule has 0 spiro atoms. The quantitative estimate of drug-likeness (QED) is 0.793. The van der Waals surface area contributed by atoms with Gasteiger partial charge in [-0.05, 0) is 31.5 Å². The summed E-state index contributed by atoms with van der Waals surface area (Å²) in [7, 11) is 0.826. The number of benzene rings is 1. The van der Waals surface area contributed by atoms with Crippen LogP contribution in [0.2, 0.25) is 0 Å². The topological polar surface area (TPSA) is 61.4 Å². The van der Waals surface area contributed by atoms with Crippen LogP contribution >= 0.6 is 0 Å². The molecule has 0 unspecified atom stereocenters. The van der Waals surface area contributed by atoms with Crippen LogP contribution in [-0.4, -0.2) is 40.9 Å². The normalized spacial score (nSPS) is 12.4. The summed E-state index contributed by atoms with van der Waals surface area (Å²) in [6.45, 7) is 4.99. The van der Waals surface area contributed by atoms with E-state index in [1.807, 2.05) is 27.9 Å². The summed E-state index contributed by atoms with van der Waals surface area (Å²) >= 11 is 0. The van der Waals surface area contributed by atoms with Crippen molar-refractivity contribution in [3.05, 3.63) is 29.8 Å². The zero-order valence-corrected chi connectivity index (χ0v) is 13.7. The first-order chi connectivity index (χ1) is 9.09. The fraction of sp³-hybridized carbons (Fsp3) is 0.571. The fourth-order valence-corrected chi connectivity index (χ4v) is 3.05. The zero-order valence-electron chi connectivity index (χ0n) is 12.9. The molecule has 0 aliphatic heterocycles. The van der Waals surface area contributed by atoms with Gasteiger partial charge in [0.15, 0.2) is 0 Å². The second-order valence-electron chi connectivity index (χ2n) is 5.92. The summed E-state index contributed by atoms with van der Waals surface area (Å²) in [5, 5.41) is 3.27. The summed E-state index contributed by atoms with van der Waals surface area (Å²) in [4.78, 5) is 2.05. The van der Waals surface area contributed by atoms with E-state index >= 15 is 0 Å². The average molecular weight is 299 g/mol. The molecular formula is C14H25N3O2S. The Morgan fingerprint density at radius 3 is 2.15 bits per heavy atom. The highest BCUT2D eigenvalue weighted by Crippen LogP contribution is 2.12. The van der Waals surface area contributed by atoms with Crippen molar-refractivity contribution in [1.29, 1.82) is 0 Å². The Morgan fingerprint density at radius 2 is 1.70 bits per heavy atom. The van der Waals surface area contributed by atoms with Crippen LogP contribution in [0.25, 0.3) is 0 Å². The Labute approximate surface area is 122 Å². The largest absolute Gasteiger partial charge is 0.378 e. The van der Waals surface area contributed by atoms with E-state index in [0.29, 0.717) is 13.1 Å². The second kappa shape index (κ2) is 6.56. The van der Waals surface area contributed by atoms with E-state index in [1.54, 1.807) is 0 Å². The van der Waals surface area contributed by atoms with Crippen molar-refractivity contribution in [2.45, 2.75) is 25.9 Å². The Hall–Kier alpha value is -1.11. The van der Waals surface area contributed by atoms with Crippen LogP contribution in [0.3, 0.4) is 0 Å². The molecule has 5 nitrogen and oxygen atoms in total. The number of hydrogen-bond donors (Lipinski definition) is 2. The van der Waals surface area contributed by atoms with Gasteiger partial charge in [0, 0.05) is 38.4 Å². The first kappa shape index (κ1) is 16.9. The lowest BCUT2D eigenvalue weighted by atomic mass is 10.1. The summed E-state index contributed by atoms with van der Waals surface area (Å²) < 4.78 is 25.1. The van der Waals surface area contributed by atoms with Gasteiger partial charge in [-0.3, -0.25) is 0 Å². The number of anilines is 1. The van der Waals surface area contributed by atoms with Gasteiger partial charge in [-0.2, -0.15) is 0 Å². The molecule has 1 aromatic carbocycles. The molecule has 0 saturated heterocycles. The lowest BCUT2D eigenvalue weighted by Crippen LogP contribution is -2.49. The highest BCUT2D eigenvalue weighted by molar-refractivity contribution is 7.88. The molecule has 20 heavy (non-hydrogen) atoms. The number of rotatable bonds is 7. The second-order valence-corrected chi connectivity index (χ2v) is 7.67. The van der Waals surface area contributed by atoms with Gasteiger partial charge in [0.25, 0.3) is 0 Å². The van der Waals surface area contributed by atoms with E-state index in [1.165, 1.54) is 11.8 Å². The Morgan fingerprint density at radius 1 is 1.15 bits per heavy atom. The SMILES string of the molecule is CN(C)c1ccc(CNCC(C)(C)NS(C)(=O)=O)cc1. The first-order valence-corrected chi connectivity index (χ1v) is 8.44. The third kappa shape index (κ3) is 6.36. The number of nitrogens with zero attached hydrogens (tertiary/aromatic N) is 1. The zero-order chi connectivity index (χ0) is 15.4. The maximum absolute atomic E-state index is 11.2. The molecule has 1 rings (SSSR count). The van der Waals surface area contributed by atoms with E-state index in [9.17, 15) is 8.42 Å². The van der Waals surface area contributed by atoms with Gasteiger partial charge in [-0.25, -0.2) is 13.1 Å². The van der Waals surface area contributed by atoms with Gasteiger partial charge in [0.05, 0.1) is 6.26 Å². The third-order valence-corrected chi connectivity index (χ3v) is 3.73.